The highest BCUT2D eigenvalue weighted by molar-refractivity contribution is 9.11. The first-order valence-corrected chi connectivity index (χ1v) is 4.13. The van der Waals surface area contributed by atoms with Crippen molar-refractivity contribution in [3.63, 3.8) is 0 Å². The van der Waals surface area contributed by atoms with E-state index in [1.807, 2.05) is 20.8 Å². The summed E-state index contributed by atoms with van der Waals surface area (Å²) in [6.45, 7) is 7.02. The van der Waals surface area contributed by atoms with Gasteiger partial charge in [-0.15, -0.1) is 0 Å². The Morgan fingerprint density at radius 1 is 1.20 bits per heavy atom. The molecule has 0 spiro atoms. The predicted molar refractivity (Wildman–Crippen MR) is 44.9 cm³/mol. The third kappa shape index (κ3) is 3.77. The van der Waals surface area contributed by atoms with Gasteiger partial charge in [0.25, 0.3) is 5.95 Å². The molecule has 0 radical (unpaired) electrons. The van der Waals surface area contributed by atoms with Crippen LogP contribution in [0.25, 0.3) is 0 Å². The third-order valence-corrected chi connectivity index (χ3v) is 1.16. The molecule has 0 rings (SSSR count). The molecule has 0 aromatic rings. The summed E-state index contributed by atoms with van der Waals surface area (Å²) in [6.07, 6.45) is 0. The molecule has 0 N–H and O–H groups in total. The van der Waals surface area contributed by atoms with Crippen molar-refractivity contribution in [1.29, 1.82) is 0 Å². The fourth-order valence-corrected chi connectivity index (χ4v) is 0.732. The van der Waals surface area contributed by atoms with Crippen molar-refractivity contribution in [2.24, 2.45) is 0 Å². The number of allylic oxidation sites excluding steroid dienone is 1. The molecule has 0 bridgehead atoms. The van der Waals surface area contributed by atoms with E-state index in [0.717, 1.165) is 4.48 Å². The summed E-state index contributed by atoms with van der Waals surface area (Å²) in [6, 6.07) is 0. The zero-order valence-corrected chi connectivity index (χ0v) is 8.19. The van der Waals surface area contributed by atoms with Crippen molar-refractivity contribution in [3.05, 3.63) is 10.4 Å². The highest BCUT2D eigenvalue weighted by atomic mass is 79.9. The van der Waals surface area contributed by atoms with Gasteiger partial charge in [-0.2, -0.15) is 0 Å². The lowest BCUT2D eigenvalue weighted by Crippen LogP contribution is -1.98. The lowest BCUT2D eigenvalue weighted by molar-refractivity contribution is 0.0453. The topological polar surface area (TPSA) is 18.5 Å². The second kappa shape index (κ2) is 5.59. The highest BCUT2D eigenvalue weighted by Crippen LogP contribution is 2.12. The Hall–Kier alpha value is -0.180. The molecule has 0 saturated carbocycles. The number of rotatable bonds is 4. The molecule has 0 heterocycles. The maximum Gasteiger partial charge on any atom is 0.289 e. The molecule has 0 amide bonds. The number of halogens is 1. The van der Waals surface area contributed by atoms with Crippen molar-refractivity contribution in [3.8, 4) is 0 Å². The van der Waals surface area contributed by atoms with E-state index in [0.29, 0.717) is 19.2 Å². The molecule has 3 heteroatoms. The fourth-order valence-electron chi connectivity index (χ4n) is 0.503. The van der Waals surface area contributed by atoms with Crippen molar-refractivity contribution in [2.75, 3.05) is 13.2 Å². The molecule has 0 aliphatic heterocycles. The van der Waals surface area contributed by atoms with Crippen LogP contribution in [0, 0.1) is 0 Å². The second-order valence-electron chi connectivity index (χ2n) is 1.69. The zero-order chi connectivity index (χ0) is 7.98. The summed E-state index contributed by atoms with van der Waals surface area (Å²) in [5.74, 6) is 0.588. The minimum atomic E-state index is 0.588. The van der Waals surface area contributed by atoms with Crippen molar-refractivity contribution < 1.29 is 9.47 Å². The van der Waals surface area contributed by atoms with Gasteiger partial charge in [-0.1, -0.05) is 0 Å². The molecule has 0 aromatic heterocycles. The van der Waals surface area contributed by atoms with Crippen LogP contribution in [0.2, 0.25) is 0 Å². The van der Waals surface area contributed by atoms with Crippen LogP contribution < -0.4 is 0 Å². The minimum absolute atomic E-state index is 0.588. The molecule has 10 heavy (non-hydrogen) atoms. The average Bonchev–Trinajstić information content (AvgIpc) is 1.87. The molecule has 0 saturated heterocycles. The Balaban J connectivity index is 3.86. The SMILES string of the molecule is CCOC(OCC)=C(C)Br. The molecular formula is C7H13BrO2. The summed E-state index contributed by atoms with van der Waals surface area (Å²) < 4.78 is 11.2. The van der Waals surface area contributed by atoms with E-state index in [1.165, 1.54) is 0 Å². The van der Waals surface area contributed by atoms with E-state index in [4.69, 9.17) is 9.47 Å². The van der Waals surface area contributed by atoms with Crippen LogP contribution in [0.5, 0.6) is 0 Å². The lowest BCUT2D eigenvalue weighted by Gasteiger charge is -2.08. The molecule has 0 aliphatic rings. The summed E-state index contributed by atoms with van der Waals surface area (Å²) in [5, 5.41) is 0. The van der Waals surface area contributed by atoms with Gasteiger partial charge < -0.3 is 9.47 Å². The van der Waals surface area contributed by atoms with Crippen molar-refractivity contribution in [1.82, 2.24) is 0 Å². The monoisotopic (exact) mass is 208 g/mol. The zero-order valence-electron chi connectivity index (χ0n) is 6.61. The van der Waals surface area contributed by atoms with Crippen LogP contribution in [0.3, 0.4) is 0 Å². The number of ether oxygens (including phenoxy) is 2. The smallest absolute Gasteiger partial charge is 0.289 e. The maximum atomic E-state index is 5.15. The van der Waals surface area contributed by atoms with Crippen LogP contribution in [-0.2, 0) is 9.47 Å². The summed E-state index contributed by atoms with van der Waals surface area (Å²) in [7, 11) is 0. The minimum Gasteiger partial charge on any atom is -0.465 e. The van der Waals surface area contributed by atoms with Gasteiger partial charge in [0.1, 0.15) is 0 Å². The molecular weight excluding hydrogens is 196 g/mol. The largest absolute Gasteiger partial charge is 0.465 e. The van der Waals surface area contributed by atoms with E-state index in [9.17, 15) is 0 Å². The van der Waals surface area contributed by atoms with Gasteiger partial charge in [-0.3, -0.25) is 0 Å². The Morgan fingerprint density at radius 2 is 1.60 bits per heavy atom. The third-order valence-electron chi connectivity index (χ3n) is 0.832. The van der Waals surface area contributed by atoms with Gasteiger partial charge >= 0.3 is 0 Å². The lowest BCUT2D eigenvalue weighted by atomic mass is 10.7. The molecule has 2 nitrogen and oxygen atoms in total. The standard InChI is InChI=1S/C7H13BrO2/c1-4-9-7(6(3)8)10-5-2/h4-5H2,1-3H3. The fraction of sp³-hybridized carbons (Fsp3) is 0.714. The number of hydrogen-bond acceptors (Lipinski definition) is 2. The highest BCUT2D eigenvalue weighted by Gasteiger charge is 1.99. The normalized spacial score (nSPS) is 8.80. The van der Waals surface area contributed by atoms with Gasteiger partial charge in [0, 0.05) is 0 Å². The molecule has 0 atom stereocenters. The van der Waals surface area contributed by atoms with Gasteiger partial charge in [0.2, 0.25) is 0 Å². The van der Waals surface area contributed by atoms with Gasteiger partial charge in [0.05, 0.1) is 17.7 Å². The van der Waals surface area contributed by atoms with Crippen molar-refractivity contribution in [2.45, 2.75) is 20.8 Å². The first-order chi connectivity index (χ1) is 4.72. The van der Waals surface area contributed by atoms with Gasteiger partial charge in [-0.25, -0.2) is 0 Å². The molecule has 0 aromatic carbocycles. The Morgan fingerprint density at radius 3 is 1.80 bits per heavy atom. The molecule has 60 valence electrons. The van der Waals surface area contributed by atoms with E-state index in [2.05, 4.69) is 15.9 Å². The summed E-state index contributed by atoms with van der Waals surface area (Å²) >= 11 is 3.27. The quantitative estimate of drug-likeness (QED) is 0.662. The molecule has 0 aliphatic carbocycles. The van der Waals surface area contributed by atoms with Crippen LogP contribution >= 0.6 is 15.9 Å². The van der Waals surface area contributed by atoms with Crippen molar-refractivity contribution >= 4 is 15.9 Å². The Labute approximate surface area is 70.3 Å². The number of hydrogen-bond donors (Lipinski definition) is 0. The first kappa shape index (κ1) is 9.82. The van der Waals surface area contributed by atoms with E-state index >= 15 is 0 Å². The maximum absolute atomic E-state index is 5.15. The van der Waals surface area contributed by atoms with E-state index in [1.54, 1.807) is 0 Å². The van der Waals surface area contributed by atoms with Gasteiger partial charge in [0.15, 0.2) is 0 Å². The van der Waals surface area contributed by atoms with Gasteiger partial charge in [-0.05, 0) is 36.7 Å². The van der Waals surface area contributed by atoms with Crippen LogP contribution in [0.4, 0.5) is 0 Å². The first-order valence-electron chi connectivity index (χ1n) is 3.34. The van der Waals surface area contributed by atoms with Crippen LogP contribution in [0.1, 0.15) is 20.8 Å². The Bertz CT molecular complexity index is 109. The summed E-state index contributed by atoms with van der Waals surface area (Å²) in [4.78, 5) is 0. The predicted octanol–water partition coefficient (Wildman–Crippen LogP) is 2.64. The van der Waals surface area contributed by atoms with Crippen LogP contribution in [-0.4, -0.2) is 13.2 Å². The molecule has 0 fully saturated rings. The Kier molecular flexibility index (Phi) is 5.49. The van der Waals surface area contributed by atoms with E-state index in [-0.39, 0.29) is 0 Å². The van der Waals surface area contributed by atoms with E-state index < -0.39 is 0 Å². The van der Waals surface area contributed by atoms with Crippen LogP contribution in [0.15, 0.2) is 10.4 Å². The second-order valence-corrected chi connectivity index (χ2v) is 2.88. The summed E-state index contributed by atoms with van der Waals surface area (Å²) in [5.41, 5.74) is 0. The average molecular weight is 209 g/mol. The molecule has 0 unspecified atom stereocenters.